The Kier molecular flexibility index (Phi) is 6.47. The molecule has 0 radical (unpaired) electrons. The molecule has 2 heterocycles. The number of thiazole rings is 1. The minimum absolute atomic E-state index is 0.00290. The molecule has 0 fully saturated rings. The van der Waals surface area contributed by atoms with E-state index in [1.807, 2.05) is 0 Å². The van der Waals surface area contributed by atoms with Crippen molar-refractivity contribution in [1.29, 1.82) is 0 Å². The Morgan fingerprint density at radius 1 is 1.18 bits per heavy atom. The van der Waals surface area contributed by atoms with Gasteiger partial charge in [-0.25, -0.2) is 9.79 Å². The third-order valence-corrected chi connectivity index (χ3v) is 6.52. The van der Waals surface area contributed by atoms with Gasteiger partial charge in [0.25, 0.3) is 5.56 Å². The van der Waals surface area contributed by atoms with Crippen LogP contribution in [-0.2, 0) is 9.53 Å². The number of carbonyl (C=O) groups excluding carboxylic acids is 1. The van der Waals surface area contributed by atoms with Gasteiger partial charge in [0.15, 0.2) is 4.80 Å². The smallest absolute Gasteiger partial charge is 0.338 e. The van der Waals surface area contributed by atoms with Crippen molar-refractivity contribution < 1.29 is 14.6 Å². The van der Waals surface area contributed by atoms with Gasteiger partial charge in [-0.15, -0.1) is 0 Å². The Labute approximate surface area is 203 Å². The average molecular weight is 503 g/mol. The quantitative estimate of drug-likeness (QED) is 0.542. The SMILES string of the molecule is CC1=C(C(=O)OC(C)C)C(c2ccc(Cl)cc2)n2c(sc(=Cc3cc(Cl)ccc3O)c2=O)=N1. The van der Waals surface area contributed by atoms with E-state index >= 15 is 0 Å². The van der Waals surface area contributed by atoms with Crippen LogP contribution < -0.4 is 14.9 Å². The van der Waals surface area contributed by atoms with Crippen molar-refractivity contribution in [3.05, 3.63) is 94.6 Å². The van der Waals surface area contributed by atoms with Crippen molar-refractivity contribution in [2.24, 2.45) is 4.99 Å². The summed E-state index contributed by atoms with van der Waals surface area (Å²) in [5.74, 6) is -0.537. The lowest BCUT2D eigenvalue weighted by atomic mass is 9.96. The zero-order valence-electron chi connectivity index (χ0n) is 18.0. The minimum atomic E-state index is -0.736. The number of phenolic OH excluding ortho intramolecular Hbond substituents is 1. The zero-order chi connectivity index (χ0) is 23.9. The van der Waals surface area contributed by atoms with Crippen molar-refractivity contribution in [2.45, 2.75) is 32.9 Å². The van der Waals surface area contributed by atoms with Gasteiger partial charge >= 0.3 is 5.97 Å². The molecule has 1 N–H and O–H groups in total. The molecule has 0 aliphatic carbocycles. The molecule has 1 unspecified atom stereocenters. The second-order valence-electron chi connectivity index (χ2n) is 7.79. The van der Waals surface area contributed by atoms with Crippen molar-refractivity contribution >= 4 is 46.6 Å². The van der Waals surface area contributed by atoms with E-state index in [0.717, 1.165) is 0 Å². The normalized spacial score (nSPS) is 16.1. The van der Waals surface area contributed by atoms with E-state index in [4.69, 9.17) is 27.9 Å². The highest BCUT2D eigenvalue weighted by molar-refractivity contribution is 7.07. The number of ether oxygens (including phenoxy) is 1. The van der Waals surface area contributed by atoms with Gasteiger partial charge in [-0.2, -0.15) is 0 Å². The van der Waals surface area contributed by atoms with Gasteiger partial charge in [0.1, 0.15) is 5.75 Å². The van der Waals surface area contributed by atoms with Crippen LogP contribution in [0.5, 0.6) is 5.75 Å². The van der Waals surface area contributed by atoms with E-state index in [1.54, 1.807) is 63.2 Å². The molecule has 2 aromatic carbocycles. The molecule has 6 nitrogen and oxygen atoms in total. The number of allylic oxidation sites excluding steroid dienone is 1. The van der Waals surface area contributed by atoms with Crippen LogP contribution in [0, 0.1) is 0 Å². The molecule has 0 amide bonds. The first-order valence-electron chi connectivity index (χ1n) is 10.1. The molecule has 1 aliphatic heterocycles. The lowest BCUT2D eigenvalue weighted by Gasteiger charge is -2.25. The van der Waals surface area contributed by atoms with Crippen LogP contribution in [0.1, 0.15) is 37.9 Å². The number of rotatable bonds is 4. The number of aromatic hydroxyl groups is 1. The van der Waals surface area contributed by atoms with Crippen LogP contribution in [-0.4, -0.2) is 21.7 Å². The maximum absolute atomic E-state index is 13.5. The number of esters is 1. The van der Waals surface area contributed by atoms with E-state index in [1.165, 1.54) is 22.0 Å². The molecule has 33 heavy (non-hydrogen) atoms. The topological polar surface area (TPSA) is 80.9 Å². The Morgan fingerprint density at radius 3 is 2.52 bits per heavy atom. The van der Waals surface area contributed by atoms with Gasteiger partial charge in [0.2, 0.25) is 0 Å². The number of aromatic nitrogens is 1. The minimum Gasteiger partial charge on any atom is -0.507 e. The molecule has 1 atom stereocenters. The number of halogens is 2. The fourth-order valence-corrected chi connectivity index (χ4v) is 4.95. The molecule has 3 aromatic rings. The van der Waals surface area contributed by atoms with E-state index in [-0.39, 0.29) is 23.0 Å². The van der Waals surface area contributed by atoms with Gasteiger partial charge in [-0.05, 0) is 62.7 Å². The van der Waals surface area contributed by atoms with Crippen molar-refractivity contribution in [1.82, 2.24) is 4.57 Å². The summed E-state index contributed by atoms with van der Waals surface area (Å²) < 4.78 is 7.29. The van der Waals surface area contributed by atoms with E-state index in [0.29, 0.717) is 36.2 Å². The highest BCUT2D eigenvalue weighted by Crippen LogP contribution is 2.31. The van der Waals surface area contributed by atoms with Crippen LogP contribution in [0.3, 0.4) is 0 Å². The molecular formula is C24H20Cl2N2O4S. The number of phenols is 1. The molecule has 0 spiro atoms. The first-order chi connectivity index (χ1) is 15.7. The lowest BCUT2D eigenvalue weighted by molar-refractivity contribution is -0.143. The summed E-state index contributed by atoms with van der Waals surface area (Å²) in [7, 11) is 0. The molecule has 0 saturated carbocycles. The largest absolute Gasteiger partial charge is 0.507 e. The summed E-state index contributed by atoms with van der Waals surface area (Å²) in [5, 5.41) is 11.2. The van der Waals surface area contributed by atoms with Gasteiger partial charge < -0.3 is 9.84 Å². The van der Waals surface area contributed by atoms with Crippen molar-refractivity contribution in [3.63, 3.8) is 0 Å². The van der Waals surface area contributed by atoms with Crippen LogP contribution in [0.25, 0.3) is 6.08 Å². The summed E-state index contributed by atoms with van der Waals surface area (Å²) in [6, 6.07) is 10.8. The third kappa shape index (κ3) is 4.62. The monoisotopic (exact) mass is 502 g/mol. The Morgan fingerprint density at radius 2 is 1.85 bits per heavy atom. The van der Waals surface area contributed by atoms with Crippen molar-refractivity contribution in [2.75, 3.05) is 0 Å². The predicted octanol–water partition coefficient (Wildman–Crippen LogP) is 4.20. The number of hydrogen-bond donors (Lipinski definition) is 1. The Balaban J connectivity index is 1.96. The molecule has 1 aromatic heterocycles. The number of benzene rings is 2. The van der Waals surface area contributed by atoms with Crippen LogP contribution in [0.2, 0.25) is 10.0 Å². The first kappa shape index (κ1) is 23.3. The fraction of sp³-hybridized carbons (Fsp3) is 0.208. The first-order valence-corrected chi connectivity index (χ1v) is 11.7. The Hall–Kier alpha value is -2.87. The molecule has 9 heteroatoms. The predicted molar refractivity (Wildman–Crippen MR) is 130 cm³/mol. The highest BCUT2D eigenvalue weighted by Gasteiger charge is 2.33. The van der Waals surface area contributed by atoms with Crippen LogP contribution in [0.15, 0.2) is 63.5 Å². The standard InChI is InChI=1S/C24H20Cl2N2O4S/c1-12(2)32-23(31)20-13(3)27-24-28(21(20)14-4-6-16(25)7-5-14)22(30)19(33-24)11-15-10-17(26)8-9-18(15)29/h4-12,21,29H,1-3H3. The molecular weight excluding hydrogens is 483 g/mol. The summed E-state index contributed by atoms with van der Waals surface area (Å²) in [4.78, 5) is 31.5. The molecule has 170 valence electrons. The Bertz CT molecular complexity index is 1450. The third-order valence-electron chi connectivity index (χ3n) is 5.05. The maximum Gasteiger partial charge on any atom is 0.338 e. The summed E-state index contributed by atoms with van der Waals surface area (Å²) in [6.07, 6.45) is 1.23. The number of fused-ring (bicyclic) bond motifs is 1. The molecule has 0 saturated heterocycles. The summed E-state index contributed by atoms with van der Waals surface area (Å²) in [5.41, 5.74) is 1.52. The molecule has 0 bridgehead atoms. The van der Waals surface area contributed by atoms with Gasteiger partial charge in [-0.1, -0.05) is 46.7 Å². The zero-order valence-corrected chi connectivity index (χ0v) is 20.3. The summed E-state index contributed by atoms with van der Waals surface area (Å²) in [6.45, 7) is 5.25. The molecule has 1 aliphatic rings. The average Bonchev–Trinajstić information content (AvgIpc) is 3.04. The van der Waals surface area contributed by atoms with E-state index in [9.17, 15) is 14.7 Å². The van der Waals surface area contributed by atoms with Crippen LogP contribution >= 0.6 is 34.5 Å². The van der Waals surface area contributed by atoms with Crippen molar-refractivity contribution in [3.8, 4) is 5.75 Å². The summed E-state index contributed by atoms with van der Waals surface area (Å²) >= 11 is 13.3. The van der Waals surface area contributed by atoms with E-state index in [2.05, 4.69) is 4.99 Å². The van der Waals surface area contributed by atoms with Gasteiger partial charge in [0.05, 0.1) is 27.9 Å². The van der Waals surface area contributed by atoms with Gasteiger partial charge in [0, 0.05) is 15.6 Å². The lowest BCUT2D eigenvalue weighted by Crippen LogP contribution is -2.40. The second-order valence-corrected chi connectivity index (χ2v) is 9.67. The molecule has 4 rings (SSSR count). The van der Waals surface area contributed by atoms with E-state index < -0.39 is 12.0 Å². The number of nitrogens with zero attached hydrogens (tertiary/aromatic N) is 2. The van der Waals surface area contributed by atoms with Crippen LogP contribution in [0.4, 0.5) is 0 Å². The second kappa shape index (κ2) is 9.17. The number of hydrogen-bond acceptors (Lipinski definition) is 6. The van der Waals surface area contributed by atoms with Gasteiger partial charge in [-0.3, -0.25) is 9.36 Å². The maximum atomic E-state index is 13.5. The highest BCUT2D eigenvalue weighted by atomic mass is 35.5. The fourth-order valence-electron chi connectivity index (χ4n) is 3.60. The number of carbonyl (C=O) groups is 1.